The third-order valence-corrected chi connectivity index (χ3v) is 4.73. The number of carbonyl (C=O) groups excluding carboxylic acids is 2. The van der Waals surface area contributed by atoms with E-state index in [0.29, 0.717) is 55.3 Å². The molecule has 2 amide bonds. The molecule has 7 heteroatoms. The monoisotopic (exact) mass is 368 g/mol. The summed E-state index contributed by atoms with van der Waals surface area (Å²) in [5.41, 5.74) is 0.569. The first-order valence-electron chi connectivity index (χ1n) is 8.46. The lowest BCUT2D eigenvalue weighted by atomic mass is 9.81. The van der Waals surface area contributed by atoms with Gasteiger partial charge in [0.1, 0.15) is 5.75 Å². The number of hydrogen-bond donors (Lipinski definition) is 2. The molecule has 0 radical (unpaired) electrons. The Kier molecular flexibility index (Phi) is 7.52. The van der Waals surface area contributed by atoms with Crippen LogP contribution in [0.5, 0.6) is 5.75 Å². The lowest BCUT2D eigenvalue weighted by Crippen LogP contribution is -2.36. The van der Waals surface area contributed by atoms with Crippen LogP contribution in [0, 0.1) is 11.8 Å². The maximum Gasteiger partial charge on any atom is 0.227 e. The van der Waals surface area contributed by atoms with Crippen LogP contribution >= 0.6 is 11.6 Å². The number of rotatable bonds is 7. The van der Waals surface area contributed by atoms with Crippen LogP contribution in [0.1, 0.15) is 25.7 Å². The van der Waals surface area contributed by atoms with Crippen LogP contribution in [-0.4, -0.2) is 39.2 Å². The van der Waals surface area contributed by atoms with Crippen LogP contribution in [0.15, 0.2) is 18.2 Å². The highest BCUT2D eigenvalue weighted by atomic mass is 35.5. The highest BCUT2D eigenvalue weighted by Crippen LogP contribution is 2.32. The fourth-order valence-electron chi connectivity index (χ4n) is 3.05. The number of anilines is 1. The smallest absolute Gasteiger partial charge is 0.227 e. The van der Waals surface area contributed by atoms with Crippen molar-refractivity contribution < 1.29 is 19.1 Å². The Bertz CT molecular complexity index is 601. The van der Waals surface area contributed by atoms with E-state index in [9.17, 15) is 9.59 Å². The quantitative estimate of drug-likeness (QED) is 0.725. The number of methoxy groups -OCH3 is 2. The largest absolute Gasteiger partial charge is 0.495 e. The third-order valence-electron chi connectivity index (χ3n) is 4.49. The lowest BCUT2D eigenvalue weighted by Gasteiger charge is -2.27. The van der Waals surface area contributed by atoms with E-state index in [1.807, 2.05) is 0 Å². The lowest BCUT2D eigenvalue weighted by molar-refractivity contribution is -0.128. The predicted molar refractivity (Wildman–Crippen MR) is 97.0 cm³/mol. The van der Waals surface area contributed by atoms with Gasteiger partial charge < -0.3 is 20.1 Å². The zero-order valence-electron chi connectivity index (χ0n) is 14.6. The minimum Gasteiger partial charge on any atom is -0.495 e. The van der Waals surface area contributed by atoms with E-state index in [0.717, 1.165) is 0 Å². The number of carbonyl (C=O) groups is 2. The summed E-state index contributed by atoms with van der Waals surface area (Å²) in [5.74, 6) is 0.434. The Hall–Kier alpha value is -1.79. The van der Waals surface area contributed by atoms with Gasteiger partial charge in [0.25, 0.3) is 0 Å². The van der Waals surface area contributed by atoms with E-state index in [4.69, 9.17) is 21.1 Å². The minimum absolute atomic E-state index is 0.0263. The molecule has 1 fully saturated rings. The van der Waals surface area contributed by atoms with Crippen molar-refractivity contribution in [1.29, 1.82) is 0 Å². The van der Waals surface area contributed by atoms with Crippen LogP contribution in [-0.2, 0) is 14.3 Å². The normalized spacial score (nSPS) is 20.0. The first-order chi connectivity index (χ1) is 12.0. The molecule has 1 aromatic carbocycles. The van der Waals surface area contributed by atoms with Gasteiger partial charge in [0, 0.05) is 30.5 Å². The molecular formula is C18H25ClN2O4. The molecule has 0 spiro atoms. The fraction of sp³-hybridized carbons (Fsp3) is 0.556. The molecule has 0 aliphatic heterocycles. The van der Waals surface area contributed by atoms with Crippen molar-refractivity contribution in [2.24, 2.45) is 11.8 Å². The number of halogens is 1. The Balaban J connectivity index is 1.85. The van der Waals surface area contributed by atoms with E-state index in [2.05, 4.69) is 10.6 Å². The van der Waals surface area contributed by atoms with Crippen LogP contribution in [0.4, 0.5) is 5.69 Å². The topological polar surface area (TPSA) is 76.7 Å². The van der Waals surface area contributed by atoms with Gasteiger partial charge in [0.15, 0.2) is 0 Å². The summed E-state index contributed by atoms with van der Waals surface area (Å²) >= 11 is 5.99. The predicted octanol–water partition coefficient (Wildman–Crippen LogP) is 2.86. The highest BCUT2D eigenvalue weighted by Gasteiger charge is 2.30. The van der Waals surface area contributed by atoms with Gasteiger partial charge in [-0.3, -0.25) is 9.59 Å². The molecule has 0 atom stereocenters. The summed E-state index contributed by atoms with van der Waals surface area (Å²) < 4.78 is 10.2. The molecule has 1 aromatic rings. The second-order valence-electron chi connectivity index (χ2n) is 6.17. The number of benzene rings is 1. The summed E-state index contributed by atoms with van der Waals surface area (Å²) in [5, 5.41) is 6.29. The first kappa shape index (κ1) is 19.5. The maximum absolute atomic E-state index is 12.5. The molecule has 0 saturated heterocycles. The van der Waals surface area contributed by atoms with Gasteiger partial charge in [-0.05, 0) is 43.9 Å². The number of hydrogen-bond acceptors (Lipinski definition) is 4. The van der Waals surface area contributed by atoms with Crippen LogP contribution in [0.25, 0.3) is 0 Å². The Labute approximate surface area is 153 Å². The van der Waals surface area contributed by atoms with Crippen molar-refractivity contribution in [2.75, 3.05) is 32.7 Å². The van der Waals surface area contributed by atoms with Gasteiger partial charge in [0.05, 0.1) is 19.4 Å². The molecule has 2 N–H and O–H groups in total. The zero-order valence-corrected chi connectivity index (χ0v) is 15.4. The number of amides is 2. The third kappa shape index (κ3) is 5.61. The van der Waals surface area contributed by atoms with Crippen molar-refractivity contribution >= 4 is 29.1 Å². The standard InChI is InChI=1S/C18H25ClN2O4/c1-24-10-9-20-17(22)12-3-5-13(6-4-12)18(23)21-15-11-14(19)7-8-16(15)25-2/h7-8,11-13H,3-6,9-10H2,1-2H3,(H,20,22)(H,21,23). The SMILES string of the molecule is COCCNC(=O)C1CCC(C(=O)Nc2cc(Cl)ccc2OC)CC1. The average molecular weight is 369 g/mol. The molecule has 0 heterocycles. The van der Waals surface area contributed by atoms with Crippen molar-refractivity contribution in [2.45, 2.75) is 25.7 Å². The maximum atomic E-state index is 12.5. The van der Waals surface area contributed by atoms with Crippen LogP contribution < -0.4 is 15.4 Å². The summed E-state index contributed by atoms with van der Waals surface area (Å²) in [6, 6.07) is 5.11. The van der Waals surface area contributed by atoms with Gasteiger partial charge in [0.2, 0.25) is 11.8 Å². The highest BCUT2D eigenvalue weighted by molar-refractivity contribution is 6.31. The van der Waals surface area contributed by atoms with Crippen LogP contribution in [0.2, 0.25) is 5.02 Å². The molecular weight excluding hydrogens is 344 g/mol. The molecule has 25 heavy (non-hydrogen) atoms. The Morgan fingerprint density at radius 3 is 2.36 bits per heavy atom. The number of nitrogens with one attached hydrogen (secondary N) is 2. The van der Waals surface area contributed by atoms with Gasteiger partial charge in [-0.1, -0.05) is 11.6 Å². The van der Waals surface area contributed by atoms with Crippen LogP contribution in [0.3, 0.4) is 0 Å². The Morgan fingerprint density at radius 2 is 1.76 bits per heavy atom. The van der Waals surface area contributed by atoms with E-state index in [-0.39, 0.29) is 23.7 Å². The Morgan fingerprint density at radius 1 is 1.12 bits per heavy atom. The van der Waals surface area contributed by atoms with E-state index in [1.165, 1.54) is 0 Å². The van der Waals surface area contributed by atoms with Gasteiger partial charge in [-0.15, -0.1) is 0 Å². The summed E-state index contributed by atoms with van der Waals surface area (Å²) in [6.45, 7) is 1.02. The van der Waals surface area contributed by atoms with Gasteiger partial charge in [-0.2, -0.15) is 0 Å². The zero-order chi connectivity index (χ0) is 18.2. The molecule has 2 rings (SSSR count). The first-order valence-corrected chi connectivity index (χ1v) is 8.84. The summed E-state index contributed by atoms with van der Waals surface area (Å²) in [4.78, 5) is 24.6. The molecule has 138 valence electrons. The van der Waals surface area contributed by atoms with Crippen molar-refractivity contribution in [3.63, 3.8) is 0 Å². The molecule has 1 aliphatic rings. The van der Waals surface area contributed by atoms with Crippen molar-refractivity contribution in [3.05, 3.63) is 23.2 Å². The second kappa shape index (κ2) is 9.63. The van der Waals surface area contributed by atoms with Gasteiger partial charge >= 0.3 is 0 Å². The van der Waals surface area contributed by atoms with Crippen molar-refractivity contribution in [3.8, 4) is 5.75 Å². The molecule has 1 saturated carbocycles. The molecule has 0 aromatic heterocycles. The number of ether oxygens (including phenoxy) is 2. The van der Waals surface area contributed by atoms with Crippen molar-refractivity contribution in [1.82, 2.24) is 5.32 Å². The minimum atomic E-state index is -0.105. The van der Waals surface area contributed by atoms with E-state index in [1.54, 1.807) is 32.4 Å². The molecule has 6 nitrogen and oxygen atoms in total. The van der Waals surface area contributed by atoms with Gasteiger partial charge in [-0.25, -0.2) is 0 Å². The fourth-order valence-corrected chi connectivity index (χ4v) is 3.22. The summed E-state index contributed by atoms with van der Waals surface area (Å²) in [7, 11) is 3.15. The second-order valence-corrected chi connectivity index (χ2v) is 6.60. The molecule has 1 aliphatic carbocycles. The van der Waals surface area contributed by atoms with E-state index < -0.39 is 0 Å². The van der Waals surface area contributed by atoms with E-state index >= 15 is 0 Å². The average Bonchev–Trinajstić information content (AvgIpc) is 2.62. The molecule has 0 unspecified atom stereocenters. The summed E-state index contributed by atoms with van der Waals surface area (Å²) in [6.07, 6.45) is 2.81. The molecule has 0 bridgehead atoms.